The maximum Gasteiger partial charge on any atom is 0.268 e. The summed E-state index contributed by atoms with van der Waals surface area (Å²) in [4.78, 5) is 25.1. The molecule has 0 saturated carbocycles. The Morgan fingerprint density at radius 1 is 0.963 bits per heavy atom. The lowest BCUT2D eigenvalue weighted by Gasteiger charge is -2.11. The molecule has 27 heavy (non-hydrogen) atoms. The van der Waals surface area contributed by atoms with Gasteiger partial charge in [0.1, 0.15) is 11.5 Å². The van der Waals surface area contributed by atoms with Crippen LogP contribution in [0.3, 0.4) is 0 Å². The summed E-state index contributed by atoms with van der Waals surface area (Å²) in [5, 5.41) is 5.86. The predicted molar refractivity (Wildman–Crippen MR) is 104 cm³/mol. The van der Waals surface area contributed by atoms with Crippen molar-refractivity contribution in [1.29, 1.82) is 0 Å². The van der Waals surface area contributed by atoms with Gasteiger partial charge in [-0.1, -0.05) is 48.0 Å². The van der Waals surface area contributed by atoms with Crippen LogP contribution in [0.1, 0.15) is 21.7 Å². The van der Waals surface area contributed by atoms with Crippen LogP contribution in [0.2, 0.25) is 5.02 Å². The lowest BCUT2D eigenvalue weighted by molar-refractivity contribution is -0.118. The summed E-state index contributed by atoms with van der Waals surface area (Å²) in [6.45, 7) is 0.201. The third-order valence-corrected chi connectivity index (χ3v) is 4.08. The Balaban J connectivity index is 1.83. The van der Waals surface area contributed by atoms with Gasteiger partial charge < -0.3 is 15.1 Å². The fourth-order valence-electron chi connectivity index (χ4n) is 2.37. The number of hydrogen-bond acceptors (Lipinski definition) is 3. The van der Waals surface area contributed by atoms with E-state index in [4.69, 9.17) is 16.0 Å². The Morgan fingerprint density at radius 2 is 1.70 bits per heavy atom. The van der Waals surface area contributed by atoms with Crippen molar-refractivity contribution in [2.45, 2.75) is 6.54 Å². The number of amides is 2. The number of halogens is 1. The first kappa shape index (κ1) is 18.5. The molecule has 0 spiro atoms. The van der Waals surface area contributed by atoms with Crippen LogP contribution in [0, 0.1) is 0 Å². The third-order valence-electron chi connectivity index (χ3n) is 3.74. The molecule has 0 aliphatic rings. The first-order valence-corrected chi connectivity index (χ1v) is 8.64. The van der Waals surface area contributed by atoms with Gasteiger partial charge in [0.05, 0.1) is 12.8 Å². The molecule has 0 aliphatic heterocycles. The fourth-order valence-corrected chi connectivity index (χ4v) is 2.56. The molecule has 2 aromatic carbocycles. The molecular weight excluding hydrogens is 364 g/mol. The van der Waals surface area contributed by atoms with Crippen molar-refractivity contribution >= 4 is 29.5 Å². The lowest BCUT2D eigenvalue weighted by atomic mass is 10.1. The Kier molecular flexibility index (Phi) is 6.07. The quantitative estimate of drug-likeness (QED) is 0.634. The summed E-state index contributed by atoms with van der Waals surface area (Å²) in [6, 6.07) is 19.2. The van der Waals surface area contributed by atoms with Crippen molar-refractivity contribution in [1.82, 2.24) is 10.6 Å². The van der Waals surface area contributed by atoms with Crippen molar-refractivity contribution in [2.24, 2.45) is 0 Å². The van der Waals surface area contributed by atoms with Gasteiger partial charge in [0, 0.05) is 10.6 Å². The van der Waals surface area contributed by atoms with Gasteiger partial charge >= 0.3 is 0 Å². The SMILES string of the molecule is O=C(NCc1ccco1)C(=Cc1ccccc1Cl)NC(=O)c1ccccc1. The highest BCUT2D eigenvalue weighted by molar-refractivity contribution is 6.32. The molecule has 0 bridgehead atoms. The van der Waals surface area contributed by atoms with Crippen LogP contribution >= 0.6 is 11.6 Å². The number of hydrogen-bond donors (Lipinski definition) is 2. The topological polar surface area (TPSA) is 71.3 Å². The highest BCUT2D eigenvalue weighted by atomic mass is 35.5. The molecule has 5 nitrogen and oxygen atoms in total. The number of carbonyl (C=O) groups excluding carboxylic acids is 2. The Bertz CT molecular complexity index is 951. The van der Waals surface area contributed by atoms with Crippen LogP contribution in [0.25, 0.3) is 6.08 Å². The Labute approximate surface area is 161 Å². The van der Waals surface area contributed by atoms with Gasteiger partial charge in [-0.25, -0.2) is 0 Å². The molecule has 2 N–H and O–H groups in total. The second kappa shape index (κ2) is 8.87. The van der Waals surface area contributed by atoms with E-state index in [0.29, 0.717) is 21.9 Å². The second-order valence-corrected chi connectivity index (χ2v) is 6.07. The Morgan fingerprint density at radius 3 is 2.41 bits per heavy atom. The van der Waals surface area contributed by atoms with Gasteiger partial charge in [-0.3, -0.25) is 9.59 Å². The van der Waals surface area contributed by atoms with Gasteiger partial charge in [-0.15, -0.1) is 0 Å². The molecule has 0 unspecified atom stereocenters. The van der Waals surface area contributed by atoms with E-state index in [0.717, 1.165) is 0 Å². The monoisotopic (exact) mass is 380 g/mol. The maximum absolute atomic E-state index is 12.6. The fraction of sp³-hybridized carbons (Fsp3) is 0.0476. The molecule has 3 rings (SSSR count). The molecule has 0 radical (unpaired) electrons. The predicted octanol–water partition coefficient (Wildman–Crippen LogP) is 4.02. The number of rotatable bonds is 6. The van der Waals surface area contributed by atoms with Crippen LogP contribution in [0.15, 0.2) is 83.1 Å². The summed E-state index contributed by atoms with van der Waals surface area (Å²) >= 11 is 6.18. The minimum atomic E-state index is -0.449. The number of benzene rings is 2. The van der Waals surface area contributed by atoms with Crippen LogP contribution in [-0.4, -0.2) is 11.8 Å². The van der Waals surface area contributed by atoms with E-state index in [1.807, 2.05) is 6.07 Å². The van der Waals surface area contributed by atoms with Gasteiger partial charge in [0.2, 0.25) is 0 Å². The zero-order valence-electron chi connectivity index (χ0n) is 14.3. The highest BCUT2D eigenvalue weighted by Gasteiger charge is 2.15. The third kappa shape index (κ3) is 5.09. The molecule has 1 heterocycles. The van der Waals surface area contributed by atoms with E-state index in [1.165, 1.54) is 6.26 Å². The molecule has 3 aromatic rings. The van der Waals surface area contributed by atoms with Crippen molar-refractivity contribution in [2.75, 3.05) is 0 Å². The normalized spacial score (nSPS) is 11.1. The molecule has 2 amide bonds. The van der Waals surface area contributed by atoms with Gasteiger partial charge in [-0.05, 0) is 42.0 Å². The molecule has 6 heteroatoms. The number of nitrogens with one attached hydrogen (secondary N) is 2. The average Bonchev–Trinajstić information content (AvgIpc) is 3.21. The van der Waals surface area contributed by atoms with Gasteiger partial charge in [0.15, 0.2) is 0 Å². The van der Waals surface area contributed by atoms with E-state index in [-0.39, 0.29) is 18.1 Å². The van der Waals surface area contributed by atoms with Crippen molar-refractivity contribution in [3.05, 3.63) is 101 Å². The standard InChI is InChI=1S/C21H17ClN2O3/c22-18-11-5-4-9-16(18)13-19(21(26)23-14-17-10-6-12-27-17)24-20(25)15-7-2-1-3-8-15/h1-13H,14H2,(H,23,26)(H,24,25). The summed E-state index contributed by atoms with van der Waals surface area (Å²) in [5.41, 5.74) is 1.15. The van der Waals surface area contributed by atoms with Gasteiger partial charge in [-0.2, -0.15) is 0 Å². The lowest BCUT2D eigenvalue weighted by Crippen LogP contribution is -2.34. The first-order chi connectivity index (χ1) is 13.1. The van der Waals surface area contributed by atoms with Crippen LogP contribution in [-0.2, 0) is 11.3 Å². The van der Waals surface area contributed by atoms with E-state index in [9.17, 15) is 9.59 Å². The van der Waals surface area contributed by atoms with E-state index < -0.39 is 5.91 Å². The summed E-state index contributed by atoms with van der Waals surface area (Å²) < 4.78 is 5.21. The van der Waals surface area contributed by atoms with E-state index in [2.05, 4.69) is 10.6 Å². The van der Waals surface area contributed by atoms with Crippen LogP contribution in [0.4, 0.5) is 0 Å². The first-order valence-electron chi connectivity index (χ1n) is 8.26. The Hall–Kier alpha value is -3.31. The number of carbonyl (C=O) groups is 2. The van der Waals surface area contributed by atoms with Crippen molar-refractivity contribution in [3.8, 4) is 0 Å². The molecular formula is C21H17ClN2O3. The zero-order chi connectivity index (χ0) is 19.1. The van der Waals surface area contributed by atoms with Crippen molar-refractivity contribution < 1.29 is 14.0 Å². The largest absolute Gasteiger partial charge is 0.467 e. The number of furan rings is 1. The molecule has 136 valence electrons. The average molecular weight is 381 g/mol. The smallest absolute Gasteiger partial charge is 0.268 e. The second-order valence-electron chi connectivity index (χ2n) is 5.66. The van der Waals surface area contributed by atoms with E-state index in [1.54, 1.807) is 66.7 Å². The summed E-state index contributed by atoms with van der Waals surface area (Å²) in [5.74, 6) is -0.229. The van der Waals surface area contributed by atoms with E-state index >= 15 is 0 Å². The molecule has 0 fully saturated rings. The molecule has 1 aromatic heterocycles. The molecule has 0 atom stereocenters. The minimum absolute atomic E-state index is 0.0866. The highest BCUT2D eigenvalue weighted by Crippen LogP contribution is 2.18. The van der Waals surface area contributed by atoms with Gasteiger partial charge in [0.25, 0.3) is 11.8 Å². The zero-order valence-corrected chi connectivity index (χ0v) is 15.1. The summed E-state index contributed by atoms with van der Waals surface area (Å²) in [7, 11) is 0. The van der Waals surface area contributed by atoms with Crippen LogP contribution in [0.5, 0.6) is 0 Å². The van der Waals surface area contributed by atoms with Crippen molar-refractivity contribution in [3.63, 3.8) is 0 Å². The molecule has 0 saturated heterocycles. The maximum atomic E-state index is 12.6. The van der Waals surface area contributed by atoms with Crippen LogP contribution < -0.4 is 10.6 Å². The minimum Gasteiger partial charge on any atom is -0.467 e. The summed E-state index contributed by atoms with van der Waals surface area (Å²) in [6.07, 6.45) is 3.07. The molecule has 0 aliphatic carbocycles.